The number of carbonyl (C=O) groups is 1. The molecule has 1 saturated heterocycles. The average Bonchev–Trinajstić information content (AvgIpc) is 2.25. The van der Waals surface area contributed by atoms with Gasteiger partial charge in [-0.1, -0.05) is 15.9 Å². The van der Waals surface area contributed by atoms with Crippen LogP contribution in [0, 0.1) is 0 Å². The maximum absolute atomic E-state index is 11.9. The van der Waals surface area contributed by atoms with Gasteiger partial charge in [-0.15, -0.1) is 0 Å². The minimum Gasteiger partial charge on any atom is -0.353 e. The molecule has 0 aromatic rings. The summed E-state index contributed by atoms with van der Waals surface area (Å²) in [6.45, 7) is 13.1. The molecule has 0 aromatic carbocycles. The maximum atomic E-state index is 11.9. The molecule has 5 heteroatoms. The number of piperazine rings is 1. The molecule has 18 heavy (non-hydrogen) atoms. The zero-order valence-electron chi connectivity index (χ0n) is 12.2. The molecule has 0 aromatic heterocycles. The van der Waals surface area contributed by atoms with E-state index in [1.54, 1.807) is 0 Å². The number of hydrogen-bond acceptors (Lipinski definition) is 3. The fourth-order valence-electron chi connectivity index (χ4n) is 2.03. The molecule has 1 rings (SSSR count). The molecule has 4 nitrogen and oxygen atoms in total. The quantitative estimate of drug-likeness (QED) is 0.793. The van der Waals surface area contributed by atoms with Crippen LogP contribution in [0.1, 0.15) is 27.7 Å². The Balaban J connectivity index is 2.47. The number of hydrogen-bond donors (Lipinski definition) is 1. The molecule has 0 radical (unpaired) electrons. The Kier molecular flexibility index (Phi) is 5.21. The summed E-state index contributed by atoms with van der Waals surface area (Å²) in [5, 5.41) is 3.03. The standard InChI is InChI=1S/C13H26BrN3O/c1-12(2,10-15-11(18)13(3,4)14)17-8-6-16(5)7-9-17/h6-10H2,1-5H3,(H,15,18). The first-order valence-corrected chi connectivity index (χ1v) is 7.33. The molecule has 1 aliphatic rings. The minimum absolute atomic E-state index is 0.00910. The summed E-state index contributed by atoms with van der Waals surface area (Å²) in [6, 6.07) is 0. The zero-order chi connectivity index (χ0) is 14.0. The van der Waals surface area contributed by atoms with Crippen molar-refractivity contribution in [2.75, 3.05) is 39.8 Å². The van der Waals surface area contributed by atoms with Gasteiger partial charge in [-0.3, -0.25) is 9.69 Å². The van der Waals surface area contributed by atoms with Gasteiger partial charge in [0.25, 0.3) is 0 Å². The van der Waals surface area contributed by atoms with Crippen molar-refractivity contribution in [3.05, 3.63) is 0 Å². The molecule has 0 aliphatic carbocycles. The van der Waals surface area contributed by atoms with E-state index in [0.29, 0.717) is 6.54 Å². The molecule has 1 aliphatic heterocycles. The second kappa shape index (κ2) is 5.88. The van der Waals surface area contributed by atoms with Crippen molar-refractivity contribution < 1.29 is 4.79 Å². The van der Waals surface area contributed by atoms with Crippen molar-refractivity contribution >= 4 is 21.8 Å². The summed E-state index contributed by atoms with van der Waals surface area (Å²) in [5.41, 5.74) is 0.00910. The molecule has 0 saturated carbocycles. The van der Waals surface area contributed by atoms with E-state index in [4.69, 9.17) is 0 Å². The lowest BCUT2D eigenvalue weighted by molar-refractivity contribution is -0.123. The van der Waals surface area contributed by atoms with Gasteiger partial charge in [0.15, 0.2) is 0 Å². The van der Waals surface area contributed by atoms with Gasteiger partial charge >= 0.3 is 0 Å². The van der Waals surface area contributed by atoms with E-state index in [-0.39, 0.29) is 11.4 Å². The third-order valence-electron chi connectivity index (χ3n) is 3.58. The van der Waals surface area contributed by atoms with E-state index in [0.717, 1.165) is 26.2 Å². The molecule has 0 atom stereocenters. The summed E-state index contributed by atoms with van der Waals surface area (Å²) in [6.07, 6.45) is 0. The Morgan fingerprint density at radius 1 is 1.17 bits per heavy atom. The largest absolute Gasteiger partial charge is 0.353 e. The summed E-state index contributed by atoms with van der Waals surface area (Å²) >= 11 is 3.38. The normalized spacial score (nSPS) is 19.9. The van der Waals surface area contributed by atoms with E-state index in [1.807, 2.05) is 13.8 Å². The highest BCUT2D eigenvalue weighted by atomic mass is 79.9. The van der Waals surface area contributed by atoms with Crippen LogP contribution in [0.4, 0.5) is 0 Å². The maximum Gasteiger partial charge on any atom is 0.236 e. The smallest absolute Gasteiger partial charge is 0.236 e. The predicted molar refractivity (Wildman–Crippen MR) is 79.2 cm³/mol. The van der Waals surface area contributed by atoms with E-state index in [2.05, 4.69) is 51.9 Å². The monoisotopic (exact) mass is 319 g/mol. The Bertz CT molecular complexity index is 291. The van der Waals surface area contributed by atoms with Crippen molar-refractivity contribution in [2.24, 2.45) is 0 Å². The molecule has 0 bridgehead atoms. The first-order chi connectivity index (χ1) is 8.13. The number of halogens is 1. The van der Waals surface area contributed by atoms with Crippen LogP contribution in [0.3, 0.4) is 0 Å². The SMILES string of the molecule is CN1CCN(C(C)(C)CNC(=O)C(C)(C)Br)CC1. The third kappa shape index (κ3) is 4.52. The van der Waals surface area contributed by atoms with Crippen LogP contribution in [0.25, 0.3) is 0 Å². The van der Waals surface area contributed by atoms with Crippen LogP contribution in [0.5, 0.6) is 0 Å². The minimum atomic E-state index is -0.495. The lowest BCUT2D eigenvalue weighted by Crippen LogP contribution is -2.58. The molecular weight excluding hydrogens is 294 g/mol. The van der Waals surface area contributed by atoms with Crippen LogP contribution in [0.2, 0.25) is 0 Å². The molecule has 0 spiro atoms. The van der Waals surface area contributed by atoms with Gasteiger partial charge < -0.3 is 10.2 Å². The average molecular weight is 320 g/mol. The van der Waals surface area contributed by atoms with E-state index < -0.39 is 4.32 Å². The van der Waals surface area contributed by atoms with Gasteiger partial charge in [-0.25, -0.2) is 0 Å². The van der Waals surface area contributed by atoms with Gasteiger partial charge in [-0.05, 0) is 34.7 Å². The summed E-state index contributed by atoms with van der Waals surface area (Å²) in [4.78, 5) is 16.7. The van der Waals surface area contributed by atoms with Crippen LogP contribution in [0.15, 0.2) is 0 Å². The van der Waals surface area contributed by atoms with Crippen LogP contribution < -0.4 is 5.32 Å². The first kappa shape index (κ1) is 15.9. The molecular formula is C13H26BrN3O. The molecule has 1 amide bonds. The van der Waals surface area contributed by atoms with Gasteiger partial charge in [0.2, 0.25) is 5.91 Å². The number of alkyl halides is 1. The van der Waals surface area contributed by atoms with Gasteiger partial charge in [0.1, 0.15) is 0 Å². The highest BCUT2D eigenvalue weighted by Gasteiger charge is 2.31. The fraction of sp³-hybridized carbons (Fsp3) is 0.923. The molecule has 1 heterocycles. The van der Waals surface area contributed by atoms with Crippen molar-refractivity contribution in [1.82, 2.24) is 15.1 Å². The zero-order valence-corrected chi connectivity index (χ0v) is 13.8. The number of likely N-dealkylation sites (N-methyl/N-ethyl adjacent to an activating group) is 1. The highest BCUT2D eigenvalue weighted by Crippen LogP contribution is 2.18. The molecule has 1 N–H and O–H groups in total. The number of nitrogens with zero attached hydrogens (tertiary/aromatic N) is 2. The molecule has 0 unspecified atom stereocenters. The topological polar surface area (TPSA) is 35.6 Å². The van der Waals surface area contributed by atoms with Gasteiger partial charge in [-0.2, -0.15) is 0 Å². The first-order valence-electron chi connectivity index (χ1n) is 6.54. The van der Waals surface area contributed by atoms with Crippen LogP contribution in [-0.2, 0) is 4.79 Å². The molecule has 1 fully saturated rings. The Morgan fingerprint density at radius 2 is 1.67 bits per heavy atom. The van der Waals surface area contributed by atoms with Crippen LogP contribution >= 0.6 is 15.9 Å². The van der Waals surface area contributed by atoms with E-state index in [1.165, 1.54) is 0 Å². The van der Waals surface area contributed by atoms with E-state index >= 15 is 0 Å². The lowest BCUT2D eigenvalue weighted by Gasteiger charge is -2.43. The Hall–Kier alpha value is -0.130. The third-order valence-corrected chi connectivity index (χ3v) is 3.94. The number of nitrogens with one attached hydrogen (secondary N) is 1. The summed E-state index contributed by atoms with van der Waals surface area (Å²) in [7, 11) is 2.15. The predicted octanol–water partition coefficient (Wildman–Crippen LogP) is 1.30. The second-order valence-corrected chi connectivity index (χ2v) is 8.24. The van der Waals surface area contributed by atoms with Gasteiger partial charge in [0.05, 0.1) is 4.32 Å². The van der Waals surface area contributed by atoms with Gasteiger partial charge in [0, 0.05) is 38.3 Å². The lowest BCUT2D eigenvalue weighted by atomic mass is 10.0. The van der Waals surface area contributed by atoms with Crippen molar-refractivity contribution in [1.29, 1.82) is 0 Å². The van der Waals surface area contributed by atoms with Crippen molar-refractivity contribution in [3.8, 4) is 0 Å². The Morgan fingerprint density at radius 3 is 2.11 bits per heavy atom. The Labute approximate surface area is 119 Å². The van der Waals surface area contributed by atoms with Crippen LogP contribution in [-0.4, -0.2) is 65.3 Å². The highest BCUT2D eigenvalue weighted by molar-refractivity contribution is 9.10. The molecule has 106 valence electrons. The van der Waals surface area contributed by atoms with Crippen molar-refractivity contribution in [2.45, 2.75) is 37.6 Å². The summed E-state index contributed by atoms with van der Waals surface area (Å²) in [5.74, 6) is 0.0460. The fourth-order valence-corrected chi connectivity index (χ4v) is 2.17. The number of carbonyl (C=O) groups excluding carboxylic acids is 1. The van der Waals surface area contributed by atoms with E-state index in [9.17, 15) is 4.79 Å². The summed E-state index contributed by atoms with van der Waals surface area (Å²) < 4.78 is -0.495. The second-order valence-electron chi connectivity index (χ2n) is 6.26. The number of amides is 1. The number of rotatable bonds is 4. The van der Waals surface area contributed by atoms with Crippen molar-refractivity contribution in [3.63, 3.8) is 0 Å².